The molecule has 0 aliphatic heterocycles. The second-order valence-corrected chi connectivity index (χ2v) is 27.4. The van der Waals surface area contributed by atoms with Crippen LogP contribution in [0.2, 0.25) is 13.3 Å². The molecule has 1 aromatic carbocycles. The molecule has 4 aromatic heterocycles. The van der Waals surface area contributed by atoms with E-state index in [4.69, 9.17) is 0 Å². The molecule has 11 heteroatoms. The summed E-state index contributed by atoms with van der Waals surface area (Å²) in [6, 6.07) is 10.1. The van der Waals surface area contributed by atoms with E-state index in [0.29, 0.717) is 21.3 Å². The molecular weight excluding hydrogens is 743 g/mol. The Hall–Kier alpha value is -2.31. The molecule has 0 unspecified atom stereocenters. The summed E-state index contributed by atoms with van der Waals surface area (Å²) < 4.78 is 35.2. The molecule has 5 rings (SSSR count). The summed E-state index contributed by atoms with van der Waals surface area (Å²) in [6.07, 6.45) is 14.4. The minimum absolute atomic E-state index is 0.209. The summed E-state index contributed by atoms with van der Waals surface area (Å²) in [5, 5.41) is 10.1. The van der Waals surface area contributed by atoms with Gasteiger partial charge in [0.2, 0.25) is 0 Å². The molecule has 0 amide bonds. The summed E-state index contributed by atoms with van der Waals surface area (Å²) in [5.74, 6) is 0. The summed E-state index contributed by atoms with van der Waals surface area (Å²) in [7, 11) is -1.69. The second-order valence-electron chi connectivity index (χ2n) is 11.7. The molecule has 0 radical (unpaired) electrons. The Morgan fingerprint density at radius 3 is 2.02 bits per heavy atom. The first-order valence-electron chi connectivity index (χ1n) is 15.7. The van der Waals surface area contributed by atoms with Crippen LogP contribution in [-0.4, -0.2) is 55.7 Å². The van der Waals surface area contributed by atoms with E-state index in [2.05, 4.69) is 69.3 Å². The monoisotopic (exact) mass is 788 g/mol. The van der Waals surface area contributed by atoms with Gasteiger partial charge in [-0.05, 0) is 54.0 Å². The number of rotatable bonds is 12. The number of fused-ring (bicyclic) bond motifs is 2. The van der Waals surface area contributed by atoms with Crippen molar-refractivity contribution in [3.05, 3.63) is 70.8 Å². The first-order valence-corrected chi connectivity index (χ1v) is 25.4. The van der Waals surface area contributed by atoms with Crippen molar-refractivity contribution in [3.8, 4) is 0 Å². The van der Waals surface area contributed by atoms with E-state index in [1.165, 1.54) is 62.7 Å². The molecule has 236 valence electrons. The Morgan fingerprint density at radius 2 is 1.43 bits per heavy atom. The van der Waals surface area contributed by atoms with Crippen molar-refractivity contribution >= 4 is 69.8 Å². The number of unbranched alkanes of at least 4 members (excludes halogenated alkanes) is 3. The third kappa shape index (κ3) is 7.55. The van der Waals surface area contributed by atoms with E-state index >= 15 is 0 Å². The maximum absolute atomic E-state index is 12.7. The zero-order chi connectivity index (χ0) is 31.9. The molecule has 0 bridgehead atoms. The number of pyridine rings is 2. The Morgan fingerprint density at radius 1 is 0.818 bits per heavy atom. The zero-order valence-electron chi connectivity index (χ0n) is 26.8. The molecule has 5 aromatic rings. The van der Waals surface area contributed by atoms with E-state index in [1.807, 2.05) is 24.9 Å². The van der Waals surface area contributed by atoms with Crippen LogP contribution in [0, 0.1) is 13.8 Å². The SMILES string of the molecule is CCC[CH2][Sn]([CH2]CCC)([CH2]CCC)[c]1cncc2c1cnn2C.Cc1ccc(S(=O)(=O)n2nc(C)c3nc(Br)ccc32)cc1. The van der Waals surface area contributed by atoms with E-state index < -0.39 is 28.4 Å². The minimum Gasteiger partial charge on any atom is -0.237 e. The molecule has 44 heavy (non-hydrogen) atoms. The van der Waals surface area contributed by atoms with Crippen LogP contribution in [0.3, 0.4) is 0 Å². The van der Waals surface area contributed by atoms with Gasteiger partial charge in [0.25, 0.3) is 10.0 Å². The number of nitrogens with zero attached hydrogens (tertiary/aromatic N) is 6. The third-order valence-electron chi connectivity index (χ3n) is 8.45. The fourth-order valence-corrected chi connectivity index (χ4v) is 24.0. The largest absolute Gasteiger partial charge is 0.283 e. The van der Waals surface area contributed by atoms with Crippen LogP contribution in [0.5, 0.6) is 0 Å². The summed E-state index contributed by atoms with van der Waals surface area (Å²) in [6.45, 7) is 10.6. The first kappa shape index (κ1) is 34.6. The topological polar surface area (TPSA) is 95.6 Å². The smallest absolute Gasteiger partial charge is 0.237 e. The van der Waals surface area contributed by atoms with Crippen molar-refractivity contribution in [3.63, 3.8) is 0 Å². The number of aryl methyl sites for hydroxylation is 3. The first-order chi connectivity index (χ1) is 21.1. The Balaban J connectivity index is 0.000000201. The Bertz CT molecular complexity index is 1780. The zero-order valence-corrected chi connectivity index (χ0v) is 32.1. The number of hydrogen-bond donors (Lipinski definition) is 0. The molecule has 0 N–H and O–H groups in total. The number of benzene rings is 1. The van der Waals surface area contributed by atoms with Gasteiger partial charge < -0.3 is 0 Å². The average Bonchev–Trinajstić information content (AvgIpc) is 3.57. The van der Waals surface area contributed by atoms with Crippen LogP contribution >= 0.6 is 15.9 Å². The van der Waals surface area contributed by atoms with Gasteiger partial charge in [0.15, 0.2) is 0 Å². The standard InChI is InChI=1S/C14H12BrN3O2S.C7H6N3.3C4H9.Sn/c1-9-3-5-11(6-4-9)21(19,20)18-12-7-8-13(15)16-14(12)10(2)17-18;1-10-7-5-8-3-2-6(7)4-9-10;3*1-3-4-2;/h3-8H,1-2H3;3-5H,1H3;3*1,3-4H2,2H3;. The van der Waals surface area contributed by atoms with E-state index in [1.54, 1.807) is 46.9 Å². The molecule has 4 heterocycles. The maximum Gasteiger partial charge on any atom is 0.283 e. The van der Waals surface area contributed by atoms with Crippen molar-refractivity contribution in [1.29, 1.82) is 0 Å². The number of halogens is 1. The van der Waals surface area contributed by atoms with Crippen molar-refractivity contribution in [2.75, 3.05) is 0 Å². The fourth-order valence-electron chi connectivity index (χ4n) is 5.89. The summed E-state index contributed by atoms with van der Waals surface area (Å²) in [4.78, 5) is 9.12. The van der Waals surface area contributed by atoms with Gasteiger partial charge in [-0.2, -0.15) is 17.6 Å². The van der Waals surface area contributed by atoms with Gasteiger partial charge in [-0.25, -0.2) is 4.98 Å². The van der Waals surface area contributed by atoms with Gasteiger partial charge in [-0.1, -0.05) is 17.7 Å². The van der Waals surface area contributed by atoms with Crippen LogP contribution in [0.25, 0.3) is 21.9 Å². The van der Waals surface area contributed by atoms with Crippen LogP contribution in [-0.2, 0) is 17.1 Å². The van der Waals surface area contributed by atoms with Gasteiger partial charge in [-0.15, -0.1) is 0 Å². The van der Waals surface area contributed by atoms with Gasteiger partial charge >= 0.3 is 146 Å². The molecule has 0 fully saturated rings. The van der Waals surface area contributed by atoms with Crippen LogP contribution in [0.1, 0.15) is 70.6 Å². The third-order valence-corrected chi connectivity index (χ3v) is 26.1. The van der Waals surface area contributed by atoms with E-state index in [-0.39, 0.29) is 4.90 Å². The normalized spacial score (nSPS) is 12.1. The van der Waals surface area contributed by atoms with Crippen molar-refractivity contribution in [1.82, 2.24) is 28.9 Å². The fraction of sp³-hybridized carbons (Fsp3) is 0.455. The predicted octanol–water partition coefficient (Wildman–Crippen LogP) is 8.07. The molecule has 0 saturated carbocycles. The van der Waals surface area contributed by atoms with Gasteiger partial charge in [0.05, 0.1) is 10.6 Å². The van der Waals surface area contributed by atoms with E-state index in [9.17, 15) is 8.42 Å². The number of aromatic nitrogens is 6. The Kier molecular flexibility index (Phi) is 12.0. The summed E-state index contributed by atoms with van der Waals surface area (Å²) >= 11 is 0.870. The molecular formula is C33H45BrN6O2SSn. The second kappa shape index (κ2) is 15.3. The van der Waals surface area contributed by atoms with Crippen LogP contribution in [0.4, 0.5) is 0 Å². The predicted molar refractivity (Wildman–Crippen MR) is 187 cm³/mol. The van der Waals surface area contributed by atoms with Crippen LogP contribution in [0.15, 0.2) is 64.5 Å². The molecule has 0 spiro atoms. The Labute approximate surface area is 274 Å². The van der Waals surface area contributed by atoms with Crippen molar-refractivity contribution in [2.45, 2.75) is 91.3 Å². The molecule has 0 atom stereocenters. The molecule has 0 aliphatic carbocycles. The van der Waals surface area contributed by atoms with Gasteiger partial charge in [0, 0.05) is 0 Å². The summed E-state index contributed by atoms with van der Waals surface area (Å²) in [5.41, 5.74) is 3.83. The number of hydrogen-bond acceptors (Lipinski definition) is 6. The molecule has 0 aliphatic rings. The van der Waals surface area contributed by atoms with Gasteiger partial charge in [-0.3, -0.25) is 0 Å². The minimum atomic E-state index is -3.72. The van der Waals surface area contributed by atoms with Crippen molar-refractivity contribution in [2.24, 2.45) is 7.05 Å². The van der Waals surface area contributed by atoms with E-state index in [0.717, 1.165) is 9.65 Å². The van der Waals surface area contributed by atoms with Gasteiger partial charge in [0.1, 0.15) is 15.6 Å². The average molecular weight is 788 g/mol. The molecule has 8 nitrogen and oxygen atoms in total. The van der Waals surface area contributed by atoms with Crippen molar-refractivity contribution < 1.29 is 8.42 Å². The quantitative estimate of drug-likeness (QED) is 0.0938. The maximum atomic E-state index is 12.7. The van der Waals surface area contributed by atoms with Crippen LogP contribution < -0.4 is 3.58 Å². The molecule has 0 saturated heterocycles.